The molecule has 5 heteroatoms. The van der Waals surface area contributed by atoms with Gasteiger partial charge in [0.25, 0.3) is 5.56 Å². The van der Waals surface area contributed by atoms with Crippen LogP contribution in [0.3, 0.4) is 0 Å². The Morgan fingerprint density at radius 3 is 2.89 bits per heavy atom. The van der Waals surface area contributed by atoms with Crippen LogP contribution in [0.25, 0.3) is 0 Å². The van der Waals surface area contributed by atoms with E-state index in [9.17, 15) is 4.79 Å². The van der Waals surface area contributed by atoms with Gasteiger partial charge in [0.15, 0.2) is 5.82 Å². The van der Waals surface area contributed by atoms with Crippen LogP contribution < -0.4 is 16.6 Å². The van der Waals surface area contributed by atoms with Crippen LogP contribution in [0.2, 0.25) is 0 Å². The highest BCUT2D eigenvalue weighted by Gasteiger charge is 2.25. The highest BCUT2D eigenvalue weighted by Crippen LogP contribution is 2.33. The Morgan fingerprint density at radius 2 is 2.26 bits per heavy atom. The Morgan fingerprint density at radius 1 is 1.53 bits per heavy atom. The van der Waals surface area contributed by atoms with E-state index in [1.54, 1.807) is 17.0 Å². The topological polar surface area (TPSA) is 72.9 Å². The van der Waals surface area contributed by atoms with Gasteiger partial charge in [-0.2, -0.15) is 0 Å². The van der Waals surface area contributed by atoms with Crippen LogP contribution in [0.5, 0.6) is 0 Å². The minimum absolute atomic E-state index is 0.000347. The molecule has 1 saturated carbocycles. The van der Waals surface area contributed by atoms with E-state index in [0.29, 0.717) is 18.4 Å². The predicted octanol–water partition coefficient (Wildman–Crippen LogP) is 1.76. The molecular weight excluding hydrogens is 240 g/mol. The Labute approximate surface area is 114 Å². The standard InChI is InChI=1S/C14H24N4O/c1-14(2,6-3-7-15)10-17-12-13(19)18(9-8-16-12)11-4-5-11/h8-9,11H,3-7,10,15H2,1-2H3,(H,16,17). The first-order valence-corrected chi connectivity index (χ1v) is 7.04. The summed E-state index contributed by atoms with van der Waals surface area (Å²) >= 11 is 0. The number of hydrogen-bond donors (Lipinski definition) is 2. The summed E-state index contributed by atoms with van der Waals surface area (Å²) in [7, 11) is 0. The van der Waals surface area contributed by atoms with Crippen molar-refractivity contribution in [1.82, 2.24) is 9.55 Å². The first kappa shape index (κ1) is 14.1. The summed E-state index contributed by atoms with van der Waals surface area (Å²) in [5.41, 5.74) is 5.66. The van der Waals surface area contributed by atoms with Crippen molar-refractivity contribution in [3.05, 3.63) is 22.7 Å². The van der Waals surface area contributed by atoms with Crippen molar-refractivity contribution in [2.45, 2.75) is 45.6 Å². The molecule has 1 fully saturated rings. The molecule has 1 aromatic heterocycles. The van der Waals surface area contributed by atoms with Crippen molar-refractivity contribution in [2.24, 2.45) is 11.1 Å². The molecule has 0 aliphatic heterocycles. The number of nitrogens with one attached hydrogen (secondary N) is 1. The van der Waals surface area contributed by atoms with E-state index in [4.69, 9.17) is 5.73 Å². The van der Waals surface area contributed by atoms with Crippen molar-refractivity contribution in [1.29, 1.82) is 0 Å². The number of nitrogens with two attached hydrogens (primary N) is 1. The van der Waals surface area contributed by atoms with E-state index in [1.807, 2.05) is 0 Å². The molecule has 1 aliphatic carbocycles. The zero-order valence-electron chi connectivity index (χ0n) is 11.9. The molecule has 0 radical (unpaired) electrons. The molecular formula is C14H24N4O. The Bertz CT molecular complexity index is 477. The lowest BCUT2D eigenvalue weighted by molar-refractivity contribution is 0.349. The molecule has 2 rings (SSSR count). The second-order valence-corrected chi connectivity index (χ2v) is 6.13. The molecule has 106 valence electrons. The number of nitrogens with zero attached hydrogens (tertiary/aromatic N) is 2. The molecule has 1 heterocycles. The highest BCUT2D eigenvalue weighted by molar-refractivity contribution is 5.31. The van der Waals surface area contributed by atoms with E-state index in [-0.39, 0.29) is 11.0 Å². The third-order valence-electron chi connectivity index (χ3n) is 3.60. The average Bonchev–Trinajstić information content (AvgIpc) is 3.20. The Hall–Kier alpha value is -1.36. The number of hydrogen-bond acceptors (Lipinski definition) is 4. The summed E-state index contributed by atoms with van der Waals surface area (Å²) in [6, 6.07) is 0.390. The summed E-state index contributed by atoms with van der Waals surface area (Å²) in [5.74, 6) is 0.468. The minimum Gasteiger partial charge on any atom is -0.365 e. The van der Waals surface area contributed by atoms with Gasteiger partial charge in [0, 0.05) is 25.0 Å². The van der Waals surface area contributed by atoms with Gasteiger partial charge in [0.05, 0.1) is 0 Å². The molecule has 3 N–H and O–H groups in total. The fraction of sp³-hybridized carbons (Fsp3) is 0.714. The molecule has 5 nitrogen and oxygen atoms in total. The summed E-state index contributed by atoms with van der Waals surface area (Å²) in [5, 5.41) is 3.20. The van der Waals surface area contributed by atoms with Gasteiger partial charge < -0.3 is 15.6 Å². The highest BCUT2D eigenvalue weighted by atomic mass is 16.1. The lowest BCUT2D eigenvalue weighted by atomic mass is 9.88. The minimum atomic E-state index is -0.000347. The zero-order valence-corrected chi connectivity index (χ0v) is 11.9. The maximum absolute atomic E-state index is 12.2. The molecule has 0 unspecified atom stereocenters. The molecule has 1 aliphatic rings. The van der Waals surface area contributed by atoms with Crippen LogP contribution in [0.4, 0.5) is 5.82 Å². The maximum atomic E-state index is 12.2. The van der Waals surface area contributed by atoms with Gasteiger partial charge in [-0.15, -0.1) is 0 Å². The Kier molecular flexibility index (Phi) is 4.24. The number of anilines is 1. The summed E-state index contributed by atoms with van der Waals surface area (Å²) in [4.78, 5) is 16.4. The normalized spacial score (nSPS) is 15.5. The van der Waals surface area contributed by atoms with E-state index in [2.05, 4.69) is 24.1 Å². The van der Waals surface area contributed by atoms with Crippen molar-refractivity contribution in [2.75, 3.05) is 18.4 Å². The molecule has 1 aromatic rings. The molecule has 0 saturated heterocycles. The van der Waals surface area contributed by atoms with Crippen molar-refractivity contribution < 1.29 is 0 Å². The summed E-state index contributed by atoms with van der Waals surface area (Å²) in [6.07, 6.45) is 7.74. The smallest absolute Gasteiger partial charge is 0.293 e. The van der Waals surface area contributed by atoms with Gasteiger partial charge in [0.2, 0.25) is 0 Å². The third kappa shape index (κ3) is 3.80. The van der Waals surface area contributed by atoms with Gasteiger partial charge in [-0.1, -0.05) is 13.8 Å². The number of rotatable bonds is 7. The fourth-order valence-corrected chi connectivity index (χ4v) is 2.18. The number of aromatic nitrogens is 2. The second-order valence-electron chi connectivity index (χ2n) is 6.13. The molecule has 19 heavy (non-hydrogen) atoms. The van der Waals surface area contributed by atoms with Crippen LogP contribution in [0.1, 0.15) is 45.6 Å². The second kappa shape index (κ2) is 5.74. The van der Waals surface area contributed by atoms with Crippen molar-refractivity contribution in [3.8, 4) is 0 Å². The van der Waals surface area contributed by atoms with Crippen LogP contribution >= 0.6 is 0 Å². The average molecular weight is 264 g/mol. The lowest BCUT2D eigenvalue weighted by Gasteiger charge is -2.24. The van der Waals surface area contributed by atoms with Crippen LogP contribution in [-0.4, -0.2) is 22.6 Å². The monoisotopic (exact) mass is 264 g/mol. The van der Waals surface area contributed by atoms with Gasteiger partial charge in [-0.25, -0.2) is 4.98 Å². The van der Waals surface area contributed by atoms with Gasteiger partial charge in [-0.3, -0.25) is 4.79 Å². The quantitative estimate of drug-likeness (QED) is 0.787. The van der Waals surface area contributed by atoms with E-state index >= 15 is 0 Å². The maximum Gasteiger partial charge on any atom is 0.293 e. The molecule has 0 atom stereocenters. The van der Waals surface area contributed by atoms with Crippen LogP contribution in [-0.2, 0) is 0 Å². The fourth-order valence-electron chi connectivity index (χ4n) is 2.18. The van der Waals surface area contributed by atoms with E-state index in [0.717, 1.165) is 32.2 Å². The van der Waals surface area contributed by atoms with Crippen molar-refractivity contribution in [3.63, 3.8) is 0 Å². The van der Waals surface area contributed by atoms with E-state index in [1.165, 1.54) is 0 Å². The lowest BCUT2D eigenvalue weighted by Crippen LogP contribution is -2.29. The SMILES string of the molecule is CC(C)(CCCN)CNc1nccn(C2CC2)c1=O. The third-order valence-corrected chi connectivity index (χ3v) is 3.60. The predicted molar refractivity (Wildman–Crippen MR) is 77.3 cm³/mol. The van der Waals surface area contributed by atoms with Crippen LogP contribution in [0.15, 0.2) is 17.2 Å². The first-order valence-electron chi connectivity index (χ1n) is 7.04. The Balaban J connectivity index is 1.99. The summed E-state index contributed by atoms with van der Waals surface area (Å²) < 4.78 is 1.79. The molecule has 0 aromatic carbocycles. The molecule has 0 spiro atoms. The molecule has 0 bridgehead atoms. The van der Waals surface area contributed by atoms with Gasteiger partial charge in [0.1, 0.15) is 0 Å². The summed E-state index contributed by atoms with van der Waals surface area (Å²) in [6.45, 7) is 5.81. The van der Waals surface area contributed by atoms with Gasteiger partial charge in [-0.05, 0) is 37.6 Å². The zero-order chi connectivity index (χ0) is 13.9. The largest absolute Gasteiger partial charge is 0.365 e. The first-order chi connectivity index (χ1) is 9.03. The molecule has 0 amide bonds. The van der Waals surface area contributed by atoms with Crippen LogP contribution in [0, 0.1) is 5.41 Å². The van der Waals surface area contributed by atoms with Gasteiger partial charge >= 0.3 is 0 Å². The van der Waals surface area contributed by atoms with Crippen molar-refractivity contribution >= 4 is 5.82 Å². The van der Waals surface area contributed by atoms with E-state index < -0.39 is 0 Å².